The normalized spacial score (nSPS) is 23.5. The van der Waals surface area contributed by atoms with E-state index in [1.54, 1.807) is 23.6 Å². The molecule has 5 heterocycles. The second-order valence-electron chi connectivity index (χ2n) is 13.7. The van der Waals surface area contributed by atoms with Gasteiger partial charge in [0.25, 0.3) is 5.56 Å². The van der Waals surface area contributed by atoms with E-state index in [0.717, 1.165) is 42.4 Å². The molecule has 6 rings (SSSR count). The van der Waals surface area contributed by atoms with Crippen molar-refractivity contribution in [3.05, 3.63) is 56.6 Å². The van der Waals surface area contributed by atoms with E-state index < -0.39 is 29.1 Å². The Balaban J connectivity index is 0.00000417. The number of aromatic nitrogens is 2. The minimum Gasteiger partial charge on any atom is -1.00 e. The lowest BCUT2D eigenvalue weighted by Gasteiger charge is -2.41. The zero-order chi connectivity index (χ0) is 32.5. The van der Waals surface area contributed by atoms with Gasteiger partial charge in [0.1, 0.15) is 18.8 Å². The van der Waals surface area contributed by atoms with Gasteiger partial charge in [0, 0.05) is 47.0 Å². The number of quaternary nitrogens is 1. The predicted molar refractivity (Wildman–Crippen MR) is 163 cm³/mol. The highest BCUT2D eigenvalue weighted by molar-refractivity contribution is 5.90. The van der Waals surface area contributed by atoms with Crippen LogP contribution in [0.2, 0.25) is 0 Å². The Morgan fingerprint density at radius 2 is 1.91 bits per heavy atom. The molecule has 0 radical (unpaired) electrons. The van der Waals surface area contributed by atoms with Crippen molar-refractivity contribution in [3.63, 3.8) is 0 Å². The summed E-state index contributed by atoms with van der Waals surface area (Å²) in [4.78, 5) is 43.7. The molecule has 3 aliphatic heterocycles. The minimum absolute atomic E-state index is 0. The Morgan fingerprint density at radius 1 is 1.22 bits per heavy atom. The average molecular weight is 659 g/mol. The number of hydrogen-bond donors (Lipinski definition) is 2. The van der Waals surface area contributed by atoms with E-state index in [2.05, 4.69) is 12.4 Å². The van der Waals surface area contributed by atoms with Crippen molar-refractivity contribution < 1.29 is 50.2 Å². The molecular weight excluding hydrogens is 619 g/mol. The molecule has 0 spiro atoms. The molecule has 248 valence electrons. The van der Waals surface area contributed by atoms with Gasteiger partial charge in [-0.2, -0.15) is 0 Å². The fourth-order valence-electron chi connectivity index (χ4n) is 6.85. The van der Waals surface area contributed by atoms with Gasteiger partial charge in [-0.15, -0.1) is 0 Å². The van der Waals surface area contributed by atoms with Crippen molar-refractivity contribution in [3.8, 4) is 17.1 Å². The summed E-state index contributed by atoms with van der Waals surface area (Å²) in [6.07, 6.45) is 1.10. The molecule has 0 bridgehead atoms. The van der Waals surface area contributed by atoms with E-state index >= 15 is 4.39 Å². The Hall–Kier alpha value is -3.74. The van der Waals surface area contributed by atoms with Crippen LogP contribution in [0.1, 0.15) is 69.2 Å². The molecule has 1 aromatic carbocycles. The highest BCUT2D eigenvalue weighted by Crippen LogP contribution is 2.42. The van der Waals surface area contributed by atoms with Crippen molar-refractivity contribution in [2.24, 2.45) is 0 Å². The highest BCUT2D eigenvalue weighted by Gasteiger charge is 2.46. The molecule has 1 saturated heterocycles. The molecule has 3 aromatic rings. The maximum Gasteiger partial charge on any atom is 0.407 e. The van der Waals surface area contributed by atoms with Gasteiger partial charge in [-0.05, 0) is 39.3 Å². The molecule has 11 nitrogen and oxygen atoms in total. The van der Waals surface area contributed by atoms with Crippen LogP contribution in [0.4, 0.5) is 9.18 Å². The van der Waals surface area contributed by atoms with E-state index in [1.807, 2.05) is 20.8 Å². The number of nitrogens with zero attached hydrogens (tertiary/aromatic N) is 3. The molecule has 0 saturated carbocycles. The Kier molecular flexibility index (Phi) is 8.63. The van der Waals surface area contributed by atoms with Gasteiger partial charge in [-0.1, -0.05) is 6.92 Å². The van der Waals surface area contributed by atoms with E-state index in [-0.39, 0.29) is 60.5 Å². The van der Waals surface area contributed by atoms with Crippen LogP contribution in [-0.4, -0.2) is 70.1 Å². The Bertz CT molecular complexity index is 1800. The lowest BCUT2D eigenvalue weighted by Crippen LogP contribution is -3.00. The van der Waals surface area contributed by atoms with E-state index in [9.17, 15) is 19.5 Å². The summed E-state index contributed by atoms with van der Waals surface area (Å²) >= 11 is 0. The number of methoxy groups -OCH3 is 1. The average Bonchev–Trinajstić information content (AvgIpc) is 3.34. The number of esters is 1. The lowest BCUT2D eigenvalue weighted by atomic mass is 9.86. The summed E-state index contributed by atoms with van der Waals surface area (Å²) in [6, 6.07) is 4.65. The second-order valence-corrected chi connectivity index (χ2v) is 13.7. The van der Waals surface area contributed by atoms with Gasteiger partial charge < -0.3 is 46.1 Å². The number of aliphatic hydroxyl groups is 1. The summed E-state index contributed by atoms with van der Waals surface area (Å²) < 4.78 is 33.2. The fourth-order valence-corrected chi connectivity index (χ4v) is 6.85. The predicted octanol–water partition coefficient (Wildman–Crippen LogP) is 0.865. The number of carbonyl (C=O) groups is 2. The van der Waals surface area contributed by atoms with E-state index in [0.29, 0.717) is 27.9 Å². The largest absolute Gasteiger partial charge is 1.00 e. The summed E-state index contributed by atoms with van der Waals surface area (Å²) in [7, 11) is 3.57. The number of piperidine rings is 1. The first-order valence-electron chi connectivity index (χ1n) is 15.4. The van der Waals surface area contributed by atoms with E-state index in [1.165, 1.54) is 13.2 Å². The SMILES string of the molecule is CC[C@@]1(O)C(=O)OCc2c1cc1n(c2=O)Cc2c-1nc1cc(F)c(OC)cc1c2C[N+]1(C)CCC(NC(=O)OC(C)(C)C)CC1.[Cl-]. The van der Waals surface area contributed by atoms with Crippen molar-refractivity contribution in [2.75, 3.05) is 27.2 Å². The van der Waals surface area contributed by atoms with Gasteiger partial charge in [-0.3, -0.25) is 4.79 Å². The third-order valence-corrected chi connectivity index (χ3v) is 9.37. The first-order valence-corrected chi connectivity index (χ1v) is 15.4. The number of ether oxygens (including phenoxy) is 3. The Morgan fingerprint density at radius 3 is 2.54 bits per heavy atom. The Labute approximate surface area is 272 Å². The number of carbonyl (C=O) groups excluding carboxylic acids is 2. The van der Waals surface area contributed by atoms with Gasteiger partial charge in [0.2, 0.25) is 0 Å². The lowest BCUT2D eigenvalue weighted by molar-refractivity contribution is -0.927. The van der Waals surface area contributed by atoms with Gasteiger partial charge in [-0.25, -0.2) is 19.0 Å². The maximum absolute atomic E-state index is 15.0. The van der Waals surface area contributed by atoms with Crippen LogP contribution in [0.3, 0.4) is 0 Å². The van der Waals surface area contributed by atoms with Crippen LogP contribution in [0.15, 0.2) is 23.0 Å². The summed E-state index contributed by atoms with van der Waals surface area (Å²) in [5, 5.41) is 15.0. The number of halogens is 2. The molecule has 0 unspecified atom stereocenters. The number of fused-ring (bicyclic) bond motifs is 5. The van der Waals surface area contributed by atoms with E-state index in [4.69, 9.17) is 19.2 Å². The number of cyclic esters (lactones) is 1. The first kappa shape index (κ1) is 33.6. The van der Waals surface area contributed by atoms with Gasteiger partial charge in [0.05, 0.1) is 56.3 Å². The van der Waals surface area contributed by atoms with Crippen LogP contribution in [0.25, 0.3) is 22.3 Å². The minimum atomic E-state index is -1.94. The molecular formula is C33H40ClFN4O7. The molecule has 2 aromatic heterocycles. The molecule has 2 N–H and O–H groups in total. The van der Waals surface area contributed by atoms with Crippen LogP contribution < -0.4 is 28.0 Å². The first-order chi connectivity index (χ1) is 21.2. The molecule has 13 heteroatoms. The third-order valence-electron chi connectivity index (χ3n) is 9.37. The molecule has 1 amide bonds. The molecule has 46 heavy (non-hydrogen) atoms. The molecule has 1 fully saturated rings. The van der Waals surface area contributed by atoms with Crippen LogP contribution in [0.5, 0.6) is 5.75 Å². The monoisotopic (exact) mass is 658 g/mol. The second kappa shape index (κ2) is 11.8. The van der Waals surface area contributed by atoms with Gasteiger partial charge in [0.15, 0.2) is 17.2 Å². The van der Waals surface area contributed by atoms with Crippen molar-refractivity contribution in [1.82, 2.24) is 14.9 Å². The summed E-state index contributed by atoms with van der Waals surface area (Å²) in [5.41, 5.74) is 0.756. The number of hydrogen-bond acceptors (Lipinski definition) is 8. The van der Waals surface area contributed by atoms with Crippen LogP contribution in [0, 0.1) is 5.82 Å². The number of nitrogens with one attached hydrogen (secondary N) is 1. The topological polar surface area (TPSA) is 129 Å². The number of alkyl carbamates (subject to hydrolysis) is 1. The number of benzene rings is 1. The quantitative estimate of drug-likeness (QED) is 0.239. The number of amides is 1. The van der Waals surface area contributed by atoms with Gasteiger partial charge >= 0.3 is 12.1 Å². The number of pyridine rings is 2. The maximum atomic E-state index is 15.0. The summed E-state index contributed by atoms with van der Waals surface area (Å²) in [5.74, 6) is -1.25. The molecule has 0 aliphatic carbocycles. The van der Waals surface area contributed by atoms with Crippen molar-refractivity contribution >= 4 is 23.0 Å². The number of likely N-dealkylation sites (tertiary alicyclic amines) is 1. The van der Waals surface area contributed by atoms with Crippen LogP contribution in [-0.2, 0) is 39.6 Å². The van der Waals surface area contributed by atoms with Crippen molar-refractivity contribution in [1.29, 1.82) is 0 Å². The smallest absolute Gasteiger partial charge is 0.407 e. The third kappa shape index (κ3) is 5.71. The molecule has 1 atom stereocenters. The zero-order valence-corrected chi connectivity index (χ0v) is 27.7. The fraction of sp³-hybridized carbons (Fsp3) is 0.515. The highest BCUT2D eigenvalue weighted by atomic mass is 35.5. The van der Waals surface area contributed by atoms with Crippen LogP contribution >= 0.6 is 0 Å². The van der Waals surface area contributed by atoms with Crippen molar-refractivity contribution in [2.45, 2.75) is 83.9 Å². The molecule has 3 aliphatic rings. The standard InChI is InChI=1S/C33H39FN4O7.ClH/c1-7-33(42)23-13-26-28-20(15-37(26)29(39)22(23)17-44-30(33)40)21(19-12-27(43-6)24(34)14-25(19)36-28)16-38(5)10-8-18(9-11-38)35-31(41)45-32(2,3)4;/h12-14,18,42H,7-11,15-17H2,1-6H3;1H/t18?,33-,38?;/m0./s1. The number of rotatable bonds is 5. The zero-order valence-electron chi connectivity index (χ0n) is 27.0. The summed E-state index contributed by atoms with van der Waals surface area (Å²) in [6.45, 7) is 9.27.